The summed E-state index contributed by atoms with van der Waals surface area (Å²) in [6, 6.07) is 10.2. The number of hydrogen-bond acceptors (Lipinski definition) is 5. The highest BCUT2D eigenvalue weighted by Crippen LogP contribution is 2.27. The molecule has 180 valence electrons. The summed E-state index contributed by atoms with van der Waals surface area (Å²) in [6.45, 7) is 0.906. The Morgan fingerprint density at radius 3 is 2.63 bits per heavy atom. The lowest BCUT2D eigenvalue weighted by molar-refractivity contribution is -0.132. The van der Waals surface area contributed by atoms with Crippen LogP contribution in [-0.2, 0) is 29.1 Å². The van der Waals surface area contributed by atoms with Crippen LogP contribution in [0.25, 0.3) is 11.4 Å². The Labute approximate surface area is 200 Å². The molecule has 2 amide bonds. The zero-order chi connectivity index (χ0) is 24.4. The van der Waals surface area contributed by atoms with Gasteiger partial charge in [0.05, 0.1) is 12.2 Å². The minimum Gasteiger partial charge on any atom is -0.318 e. The number of nitrogens with zero attached hydrogens (tertiary/aromatic N) is 5. The fraction of sp³-hybridized carbons (Fsp3) is 0.320. The van der Waals surface area contributed by atoms with Gasteiger partial charge in [0, 0.05) is 31.4 Å². The zero-order valence-electron chi connectivity index (χ0n) is 19.0. The van der Waals surface area contributed by atoms with Gasteiger partial charge in [-0.2, -0.15) is 5.10 Å². The van der Waals surface area contributed by atoms with Crippen molar-refractivity contribution in [3.05, 3.63) is 65.5 Å². The minimum atomic E-state index is -0.589. The van der Waals surface area contributed by atoms with E-state index in [-0.39, 0.29) is 42.5 Å². The topological polar surface area (TPSA) is 92.5 Å². The Morgan fingerprint density at radius 2 is 1.80 bits per heavy atom. The van der Waals surface area contributed by atoms with Crippen molar-refractivity contribution in [2.24, 2.45) is 5.10 Å². The van der Waals surface area contributed by atoms with Crippen molar-refractivity contribution in [1.29, 1.82) is 0 Å². The number of carbonyl (C=O) groups is 2. The Morgan fingerprint density at radius 1 is 0.971 bits per heavy atom. The van der Waals surface area contributed by atoms with Crippen LogP contribution in [0.3, 0.4) is 0 Å². The van der Waals surface area contributed by atoms with E-state index in [1.165, 1.54) is 23.2 Å². The maximum atomic E-state index is 14.6. The van der Waals surface area contributed by atoms with Gasteiger partial charge in [0.1, 0.15) is 23.2 Å². The summed E-state index contributed by atoms with van der Waals surface area (Å²) in [5.41, 5.74) is 1.45. The second kappa shape index (κ2) is 9.73. The van der Waals surface area contributed by atoms with Crippen LogP contribution in [-0.4, -0.2) is 37.3 Å². The molecule has 2 aliphatic rings. The Balaban J connectivity index is 1.35. The number of fused-ring (bicyclic) bond motifs is 1. The number of hydrogen-bond donors (Lipinski definition) is 1. The lowest BCUT2D eigenvalue weighted by Crippen LogP contribution is -2.36. The maximum Gasteiger partial charge on any atom is 0.271 e. The van der Waals surface area contributed by atoms with Crippen LogP contribution in [0.2, 0.25) is 0 Å². The molecule has 0 unspecified atom stereocenters. The smallest absolute Gasteiger partial charge is 0.271 e. The van der Waals surface area contributed by atoms with Crippen LogP contribution in [0.5, 0.6) is 0 Å². The van der Waals surface area contributed by atoms with Crippen molar-refractivity contribution in [2.75, 3.05) is 5.32 Å². The molecular formula is C25H24F2N6O2. The highest BCUT2D eigenvalue weighted by atomic mass is 19.1. The molecule has 1 N–H and O–H groups in total. The van der Waals surface area contributed by atoms with E-state index in [2.05, 4.69) is 25.2 Å². The number of anilines is 1. The molecule has 1 aromatic heterocycles. The number of nitrogens with one attached hydrogen (secondary N) is 1. The van der Waals surface area contributed by atoms with Gasteiger partial charge in [0.2, 0.25) is 5.91 Å². The lowest BCUT2D eigenvalue weighted by atomic mass is 10.1. The lowest BCUT2D eigenvalue weighted by Gasteiger charge is -2.23. The fourth-order valence-electron chi connectivity index (χ4n) is 4.30. The first-order valence-electron chi connectivity index (χ1n) is 11.6. The number of carbonyl (C=O) groups excluding carboxylic acids is 2. The summed E-state index contributed by atoms with van der Waals surface area (Å²) in [6.07, 6.45) is 4.30. The van der Waals surface area contributed by atoms with Crippen LogP contribution in [0.15, 0.2) is 47.6 Å². The largest absolute Gasteiger partial charge is 0.318 e. The van der Waals surface area contributed by atoms with E-state index in [1.807, 2.05) is 0 Å². The van der Waals surface area contributed by atoms with Gasteiger partial charge < -0.3 is 9.88 Å². The van der Waals surface area contributed by atoms with Crippen molar-refractivity contribution in [3.63, 3.8) is 0 Å². The van der Waals surface area contributed by atoms with E-state index in [0.29, 0.717) is 17.0 Å². The van der Waals surface area contributed by atoms with Crippen LogP contribution in [0.4, 0.5) is 14.5 Å². The summed E-state index contributed by atoms with van der Waals surface area (Å²) < 4.78 is 29.8. The van der Waals surface area contributed by atoms with E-state index in [9.17, 15) is 18.4 Å². The predicted molar refractivity (Wildman–Crippen MR) is 125 cm³/mol. The molecule has 2 aliphatic heterocycles. The maximum absolute atomic E-state index is 14.6. The molecule has 0 atom stereocenters. The molecule has 3 aromatic rings. The van der Waals surface area contributed by atoms with E-state index in [1.54, 1.807) is 24.3 Å². The van der Waals surface area contributed by atoms with Gasteiger partial charge in [-0.25, -0.2) is 13.8 Å². The standard InChI is InChI=1S/C25H24F2N6O2/c26-18-8-5-16(6-9-18)15-33-23(34)12-11-20(31-33)25(35)28-21-14-17(7-10-19(21)27)24-30-29-22-4-2-1-3-13-32(22)24/h5-10,14H,1-4,11-13,15H2,(H,28,35). The van der Waals surface area contributed by atoms with Crippen LogP contribution in [0, 0.1) is 11.6 Å². The van der Waals surface area contributed by atoms with E-state index in [4.69, 9.17) is 0 Å². The number of aromatic nitrogens is 3. The van der Waals surface area contributed by atoms with Crippen molar-refractivity contribution < 1.29 is 18.4 Å². The first-order chi connectivity index (χ1) is 17.0. The average Bonchev–Trinajstić information content (AvgIpc) is 3.11. The SMILES string of the molecule is O=C(Nc1cc(-c2nnc3n2CCCCC3)ccc1F)C1=NN(Cc2ccc(F)cc2)C(=O)CC1. The van der Waals surface area contributed by atoms with Gasteiger partial charge >= 0.3 is 0 Å². The summed E-state index contributed by atoms with van der Waals surface area (Å²) >= 11 is 0. The van der Waals surface area contributed by atoms with Gasteiger partial charge in [-0.1, -0.05) is 18.6 Å². The van der Waals surface area contributed by atoms with Crippen molar-refractivity contribution in [2.45, 2.75) is 51.6 Å². The van der Waals surface area contributed by atoms with Crippen molar-refractivity contribution in [1.82, 2.24) is 19.8 Å². The molecule has 0 fully saturated rings. The molecule has 8 nitrogen and oxygen atoms in total. The number of rotatable bonds is 5. The van der Waals surface area contributed by atoms with Gasteiger partial charge in [-0.15, -0.1) is 10.2 Å². The summed E-state index contributed by atoms with van der Waals surface area (Å²) in [4.78, 5) is 25.2. The molecule has 2 aromatic carbocycles. The second-order valence-corrected chi connectivity index (χ2v) is 8.68. The van der Waals surface area contributed by atoms with Crippen molar-refractivity contribution in [3.8, 4) is 11.4 Å². The molecule has 5 rings (SSSR count). The molecule has 10 heteroatoms. The molecular weight excluding hydrogens is 454 g/mol. The van der Waals surface area contributed by atoms with Gasteiger partial charge in [0.25, 0.3) is 5.91 Å². The average molecular weight is 479 g/mol. The molecule has 0 spiro atoms. The van der Waals surface area contributed by atoms with Gasteiger partial charge in [-0.05, 0) is 48.7 Å². The summed E-state index contributed by atoms with van der Waals surface area (Å²) in [5.74, 6) is -0.246. The van der Waals surface area contributed by atoms with Crippen LogP contribution in [0.1, 0.15) is 43.5 Å². The van der Waals surface area contributed by atoms with Crippen LogP contribution < -0.4 is 5.32 Å². The van der Waals surface area contributed by atoms with Gasteiger partial charge in [-0.3, -0.25) is 9.59 Å². The third-order valence-electron chi connectivity index (χ3n) is 6.19. The normalized spacial score (nSPS) is 15.9. The molecule has 3 heterocycles. The third kappa shape index (κ3) is 4.96. The number of hydrazone groups is 1. The first-order valence-corrected chi connectivity index (χ1v) is 11.6. The number of aryl methyl sites for hydroxylation is 1. The zero-order valence-corrected chi connectivity index (χ0v) is 19.0. The number of halogens is 2. The fourth-order valence-corrected chi connectivity index (χ4v) is 4.30. The van der Waals surface area contributed by atoms with Crippen LogP contribution >= 0.6 is 0 Å². The Hall–Kier alpha value is -3.95. The minimum absolute atomic E-state index is 0.00292. The van der Waals surface area contributed by atoms with Gasteiger partial charge in [0.15, 0.2) is 5.82 Å². The number of amides is 2. The molecule has 35 heavy (non-hydrogen) atoms. The van der Waals surface area contributed by atoms with E-state index >= 15 is 0 Å². The summed E-state index contributed by atoms with van der Waals surface area (Å²) in [7, 11) is 0. The quantitative estimate of drug-likeness (QED) is 0.599. The molecule has 0 aliphatic carbocycles. The Kier molecular flexibility index (Phi) is 6.35. The third-order valence-corrected chi connectivity index (χ3v) is 6.19. The summed E-state index contributed by atoms with van der Waals surface area (Å²) in [5, 5.41) is 16.6. The Bertz CT molecular complexity index is 1300. The predicted octanol–water partition coefficient (Wildman–Crippen LogP) is 4.07. The molecule has 0 saturated heterocycles. The second-order valence-electron chi connectivity index (χ2n) is 8.68. The first kappa shape index (κ1) is 22.8. The van der Waals surface area contributed by atoms with E-state index in [0.717, 1.165) is 38.1 Å². The molecule has 0 saturated carbocycles. The monoisotopic (exact) mass is 478 g/mol. The van der Waals surface area contributed by atoms with Crippen molar-refractivity contribution >= 4 is 23.2 Å². The molecule has 0 bridgehead atoms. The van der Waals surface area contributed by atoms with E-state index < -0.39 is 11.7 Å². The highest BCUT2D eigenvalue weighted by molar-refractivity contribution is 6.43. The highest BCUT2D eigenvalue weighted by Gasteiger charge is 2.25. The number of benzene rings is 2. The molecule has 0 radical (unpaired) electrons.